The Balaban J connectivity index is 1.43. The molecule has 3 aromatic rings. The van der Waals surface area contributed by atoms with Gasteiger partial charge in [0.2, 0.25) is 0 Å². The normalized spacial score (nSPS) is 11.3. The van der Waals surface area contributed by atoms with E-state index in [2.05, 4.69) is 31.2 Å². The van der Waals surface area contributed by atoms with Crippen molar-refractivity contribution in [3.8, 4) is 0 Å². The van der Waals surface area contributed by atoms with Crippen molar-refractivity contribution in [2.75, 3.05) is 0 Å². The Labute approximate surface area is 191 Å². The van der Waals surface area contributed by atoms with Gasteiger partial charge >= 0.3 is 5.63 Å². The van der Waals surface area contributed by atoms with Crippen LogP contribution in [0.15, 0.2) is 51.7 Å². The van der Waals surface area contributed by atoms with Crippen molar-refractivity contribution < 1.29 is 8.81 Å². The van der Waals surface area contributed by atoms with Crippen LogP contribution in [0.2, 0.25) is 0 Å². The summed E-state index contributed by atoms with van der Waals surface area (Å²) in [6.07, 6.45) is 14.6. The Hall–Kier alpha value is -2.42. The molecule has 1 aromatic heterocycles. The largest absolute Gasteiger partial charge is 0.428 e. The van der Waals surface area contributed by atoms with E-state index in [-0.39, 0.29) is 5.39 Å². The van der Waals surface area contributed by atoms with E-state index in [1.807, 2.05) is 6.07 Å². The summed E-state index contributed by atoms with van der Waals surface area (Å²) < 4.78 is 20.0. The van der Waals surface area contributed by atoms with Crippen molar-refractivity contribution in [2.45, 2.75) is 90.9 Å². The average molecular weight is 437 g/mol. The van der Waals surface area contributed by atoms with Crippen LogP contribution in [0.5, 0.6) is 0 Å². The molecule has 3 heteroatoms. The quantitative estimate of drug-likeness (QED) is 0.253. The van der Waals surface area contributed by atoms with Crippen LogP contribution < -0.4 is 5.63 Å². The Bertz CT molecular complexity index is 1030. The first kappa shape index (κ1) is 24.2. The first-order valence-electron chi connectivity index (χ1n) is 12.4. The molecule has 0 N–H and O–H groups in total. The fourth-order valence-corrected chi connectivity index (χ4v) is 4.39. The van der Waals surface area contributed by atoms with Gasteiger partial charge in [0.05, 0.1) is 0 Å². The van der Waals surface area contributed by atoms with E-state index < -0.39 is 11.4 Å². The standard InChI is InChI=1S/C29H37FO2/c1-3-4-5-6-7-8-9-10-11-12-23-13-15-24(16-14-23)17-18-25-19-20-26-21-22(2)32-29(31)27(26)28(25)30/h13-16,19-21H,3-12,17-18H2,1-2H3. The van der Waals surface area contributed by atoms with Crippen molar-refractivity contribution >= 4 is 10.8 Å². The summed E-state index contributed by atoms with van der Waals surface area (Å²) in [4.78, 5) is 12.1. The van der Waals surface area contributed by atoms with Crippen LogP contribution in [-0.2, 0) is 19.3 Å². The van der Waals surface area contributed by atoms with Crippen LogP contribution in [0.25, 0.3) is 10.8 Å². The number of aryl methyl sites for hydroxylation is 4. The lowest BCUT2D eigenvalue weighted by atomic mass is 9.99. The SMILES string of the molecule is CCCCCCCCCCCc1ccc(CCc2ccc3cc(C)oc(=O)c3c2F)cc1. The number of rotatable bonds is 13. The zero-order valence-corrected chi connectivity index (χ0v) is 19.7. The lowest BCUT2D eigenvalue weighted by Crippen LogP contribution is -2.06. The predicted molar refractivity (Wildman–Crippen MR) is 132 cm³/mol. The van der Waals surface area contributed by atoms with Crippen LogP contribution in [0, 0.1) is 12.7 Å². The molecule has 0 atom stereocenters. The van der Waals surface area contributed by atoms with Crippen LogP contribution in [0.1, 0.15) is 87.2 Å². The fourth-order valence-electron chi connectivity index (χ4n) is 4.39. The lowest BCUT2D eigenvalue weighted by Gasteiger charge is -2.08. The summed E-state index contributed by atoms with van der Waals surface area (Å²) in [5.41, 5.74) is 2.53. The zero-order chi connectivity index (χ0) is 22.8. The summed E-state index contributed by atoms with van der Waals surface area (Å²) in [6, 6.07) is 14.0. The minimum Gasteiger partial charge on any atom is -0.428 e. The molecule has 0 amide bonds. The van der Waals surface area contributed by atoms with E-state index in [1.165, 1.54) is 68.9 Å². The summed E-state index contributed by atoms with van der Waals surface area (Å²) >= 11 is 0. The third kappa shape index (κ3) is 7.05. The van der Waals surface area contributed by atoms with Gasteiger partial charge in [0, 0.05) is 0 Å². The van der Waals surface area contributed by atoms with Crippen LogP contribution in [0.3, 0.4) is 0 Å². The number of unbranched alkanes of at least 4 members (excludes halogenated alkanes) is 8. The Morgan fingerprint density at radius 3 is 2.00 bits per heavy atom. The number of benzene rings is 2. The molecule has 0 saturated heterocycles. The summed E-state index contributed by atoms with van der Waals surface area (Å²) in [7, 11) is 0. The highest BCUT2D eigenvalue weighted by Gasteiger charge is 2.12. The topological polar surface area (TPSA) is 30.2 Å². The Morgan fingerprint density at radius 1 is 0.750 bits per heavy atom. The van der Waals surface area contributed by atoms with E-state index in [9.17, 15) is 9.18 Å². The molecule has 1 heterocycles. The maximum atomic E-state index is 14.9. The third-order valence-corrected chi connectivity index (χ3v) is 6.35. The minimum atomic E-state index is -0.597. The van der Waals surface area contributed by atoms with Gasteiger partial charge in [-0.2, -0.15) is 0 Å². The molecule has 2 nitrogen and oxygen atoms in total. The van der Waals surface area contributed by atoms with Crippen molar-refractivity contribution in [2.24, 2.45) is 0 Å². The summed E-state index contributed by atoms with van der Waals surface area (Å²) in [5, 5.41) is 0.658. The summed E-state index contributed by atoms with van der Waals surface area (Å²) in [5.74, 6) is 0.0513. The molecule has 0 radical (unpaired) electrons. The smallest absolute Gasteiger partial charge is 0.346 e. The van der Waals surface area contributed by atoms with E-state index in [4.69, 9.17) is 4.42 Å². The number of fused-ring (bicyclic) bond motifs is 1. The number of halogens is 1. The number of hydrogen-bond donors (Lipinski definition) is 0. The molecule has 0 saturated carbocycles. The second-order valence-electron chi connectivity index (χ2n) is 9.04. The van der Waals surface area contributed by atoms with E-state index in [0.717, 1.165) is 12.8 Å². The van der Waals surface area contributed by atoms with Gasteiger partial charge < -0.3 is 4.42 Å². The van der Waals surface area contributed by atoms with Crippen molar-refractivity contribution in [3.63, 3.8) is 0 Å². The van der Waals surface area contributed by atoms with Gasteiger partial charge in [-0.15, -0.1) is 0 Å². The molecule has 0 bridgehead atoms. The van der Waals surface area contributed by atoms with Gasteiger partial charge in [-0.3, -0.25) is 0 Å². The van der Waals surface area contributed by atoms with Crippen molar-refractivity contribution in [1.29, 1.82) is 0 Å². The lowest BCUT2D eigenvalue weighted by molar-refractivity contribution is 0.484. The second kappa shape index (κ2) is 12.6. The molecule has 0 aliphatic rings. The predicted octanol–water partition coefficient (Wildman–Crippen LogP) is 8.10. The molecule has 172 valence electrons. The maximum absolute atomic E-state index is 14.9. The molecular formula is C29H37FO2. The Morgan fingerprint density at radius 2 is 1.34 bits per heavy atom. The van der Waals surface area contributed by atoms with Gasteiger partial charge in [0.1, 0.15) is 17.0 Å². The van der Waals surface area contributed by atoms with Gasteiger partial charge in [0.25, 0.3) is 0 Å². The third-order valence-electron chi connectivity index (χ3n) is 6.35. The monoisotopic (exact) mass is 436 g/mol. The van der Waals surface area contributed by atoms with Crippen LogP contribution >= 0.6 is 0 Å². The van der Waals surface area contributed by atoms with E-state index in [0.29, 0.717) is 23.1 Å². The highest BCUT2D eigenvalue weighted by molar-refractivity contribution is 5.82. The van der Waals surface area contributed by atoms with Crippen molar-refractivity contribution in [1.82, 2.24) is 0 Å². The molecule has 2 aromatic carbocycles. The molecule has 0 fully saturated rings. The molecular weight excluding hydrogens is 399 g/mol. The van der Waals surface area contributed by atoms with E-state index in [1.54, 1.807) is 19.1 Å². The maximum Gasteiger partial charge on any atom is 0.346 e. The first-order chi connectivity index (χ1) is 15.6. The van der Waals surface area contributed by atoms with Crippen molar-refractivity contribution in [3.05, 3.63) is 81.2 Å². The molecule has 3 rings (SSSR count). The van der Waals surface area contributed by atoms with Crippen LogP contribution in [0.4, 0.5) is 4.39 Å². The molecule has 0 unspecified atom stereocenters. The van der Waals surface area contributed by atoms with Gasteiger partial charge in [-0.1, -0.05) is 94.7 Å². The zero-order valence-electron chi connectivity index (χ0n) is 19.7. The van der Waals surface area contributed by atoms with Gasteiger partial charge in [-0.25, -0.2) is 9.18 Å². The molecule has 32 heavy (non-hydrogen) atoms. The highest BCUT2D eigenvalue weighted by Crippen LogP contribution is 2.21. The molecule has 0 spiro atoms. The Kier molecular flexibility index (Phi) is 9.52. The summed E-state index contributed by atoms with van der Waals surface area (Å²) in [6.45, 7) is 3.96. The molecule has 0 aliphatic carbocycles. The van der Waals surface area contributed by atoms with E-state index >= 15 is 0 Å². The highest BCUT2D eigenvalue weighted by atomic mass is 19.1. The average Bonchev–Trinajstić information content (AvgIpc) is 2.78. The van der Waals surface area contributed by atoms with Gasteiger partial charge in [-0.05, 0) is 60.7 Å². The first-order valence-corrected chi connectivity index (χ1v) is 12.4. The number of hydrogen-bond acceptors (Lipinski definition) is 2. The fraction of sp³-hybridized carbons (Fsp3) is 0.483. The van der Waals surface area contributed by atoms with Crippen LogP contribution in [-0.4, -0.2) is 0 Å². The molecule has 0 aliphatic heterocycles. The second-order valence-corrected chi connectivity index (χ2v) is 9.04. The van der Waals surface area contributed by atoms with Gasteiger partial charge in [0.15, 0.2) is 0 Å². The minimum absolute atomic E-state index is 0.0596.